The number of nitrogens with zero attached hydrogens (tertiary/aromatic N) is 3. The molecule has 3 fully saturated rings. The molecule has 7 nitrogen and oxygen atoms in total. The van der Waals surface area contributed by atoms with Gasteiger partial charge in [0.1, 0.15) is 0 Å². The Hall–Kier alpha value is -2.12. The molecule has 2 bridgehead atoms. The van der Waals surface area contributed by atoms with E-state index in [0.717, 1.165) is 43.4 Å². The first-order valence-electron chi connectivity index (χ1n) is 10.4. The van der Waals surface area contributed by atoms with Crippen molar-refractivity contribution in [3.05, 3.63) is 35.7 Å². The fourth-order valence-corrected chi connectivity index (χ4v) is 5.45. The minimum Gasteiger partial charge on any atom is -0.350 e. The van der Waals surface area contributed by atoms with Gasteiger partial charge in [-0.2, -0.15) is 5.10 Å². The Labute approximate surface area is 176 Å². The van der Waals surface area contributed by atoms with Gasteiger partial charge in [-0.3, -0.25) is 9.59 Å². The van der Waals surface area contributed by atoms with Crippen molar-refractivity contribution in [1.29, 1.82) is 0 Å². The third kappa shape index (κ3) is 3.51. The maximum atomic E-state index is 12.9. The summed E-state index contributed by atoms with van der Waals surface area (Å²) in [5.41, 5.74) is 2.48. The predicted octanol–water partition coefficient (Wildman–Crippen LogP) is 1.78. The Bertz CT molecular complexity index is 929. The molecule has 2 amide bonds. The molecule has 4 atom stereocenters. The Morgan fingerprint density at radius 2 is 2.14 bits per heavy atom. The van der Waals surface area contributed by atoms with Crippen LogP contribution in [0, 0.1) is 18.8 Å². The number of aromatic nitrogens is 2. The van der Waals surface area contributed by atoms with Crippen LogP contribution in [0.5, 0.6) is 0 Å². The van der Waals surface area contributed by atoms with Crippen molar-refractivity contribution in [3.63, 3.8) is 0 Å². The van der Waals surface area contributed by atoms with E-state index in [0.29, 0.717) is 36.4 Å². The molecule has 2 aromatic heterocycles. The molecule has 0 aliphatic carbocycles. The van der Waals surface area contributed by atoms with Gasteiger partial charge in [0, 0.05) is 31.7 Å². The van der Waals surface area contributed by atoms with E-state index in [4.69, 9.17) is 0 Å². The number of nitrogens with one attached hydrogen (secondary N) is 2. The number of fused-ring (bicyclic) bond motifs is 5. The molecule has 5 heterocycles. The number of rotatable bonds is 3. The number of halogens is 1. The molecule has 8 heteroatoms. The first-order chi connectivity index (χ1) is 13.6. The number of hydrogen-bond acceptors (Lipinski definition) is 4. The van der Waals surface area contributed by atoms with Gasteiger partial charge in [0.15, 0.2) is 0 Å². The van der Waals surface area contributed by atoms with Gasteiger partial charge in [-0.25, -0.2) is 4.52 Å². The number of carbonyl (C=O) groups excluding carboxylic acids is 2. The zero-order chi connectivity index (χ0) is 19.3. The summed E-state index contributed by atoms with van der Waals surface area (Å²) in [5.74, 6) is 1.10. The highest BCUT2D eigenvalue weighted by molar-refractivity contribution is 6.00. The highest BCUT2D eigenvalue weighted by Gasteiger charge is 2.47. The molecule has 0 radical (unpaired) electrons. The lowest BCUT2D eigenvalue weighted by Crippen LogP contribution is -2.66. The second kappa shape index (κ2) is 7.95. The van der Waals surface area contributed by atoms with Crippen molar-refractivity contribution in [3.8, 4) is 0 Å². The van der Waals surface area contributed by atoms with E-state index in [1.54, 1.807) is 10.7 Å². The summed E-state index contributed by atoms with van der Waals surface area (Å²) in [6.45, 7) is 4.43. The summed E-state index contributed by atoms with van der Waals surface area (Å²) in [4.78, 5) is 27.7. The van der Waals surface area contributed by atoms with Gasteiger partial charge in [-0.1, -0.05) is 6.07 Å². The topological polar surface area (TPSA) is 78.7 Å². The SMILES string of the molecule is Cc1ccc2c(C(=O)NC[C@H]3[C@@H]4CNC[C@@H](C4)[C@@H]4CCCC(=O)N43)cnn2c1.Cl. The van der Waals surface area contributed by atoms with E-state index >= 15 is 0 Å². The maximum Gasteiger partial charge on any atom is 0.255 e. The second-order valence-corrected chi connectivity index (χ2v) is 8.55. The summed E-state index contributed by atoms with van der Waals surface area (Å²) in [6.07, 6.45) is 7.40. The Morgan fingerprint density at radius 1 is 1.31 bits per heavy atom. The number of carbonyl (C=O) groups is 2. The zero-order valence-corrected chi connectivity index (χ0v) is 17.5. The molecule has 3 aliphatic rings. The second-order valence-electron chi connectivity index (χ2n) is 8.55. The molecule has 3 aliphatic heterocycles. The zero-order valence-electron chi connectivity index (χ0n) is 16.6. The number of pyridine rings is 1. The molecule has 0 spiro atoms. The summed E-state index contributed by atoms with van der Waals surface area (Å²) in [6, 6.07) is 4.32. The van der Waals surface area contributed by atoms with Crippen molar-refractivity contribution in [2.24, 2.45) is 11.8 Å². The molecule has 5 rings (SSSR count). The van der Waals surface area contributed by atoms with E-state index in [1.807, 2.05) is 25.3 Å². The lowest BCUT2D eigenvalue weighted by Gasteiger charge is -2.54. The van der Waals surface area contributed by atoms with Crippen LogP contribution in [-0.4, -0.2) is 58.0 Å². The maximum absolute atomic E-state index is 12.9. The van der Waals surface area contributed by atoms with Crippen molar-refractivity contribution in [2.75, 3.05) is 19.6 Å². The molecular formula is C21H28ClN5O2. The van der Waals surface area contributed by atoms with Crippen LogP contribution in [0.15, 0.2) is 24.5 Å². The van der Waals surface area contributed by atoms with Gasteiger partial charge >= 0.3 is 0 Å². The highest BCUT2D eigenvalue weighted by Crippen LogP contribution is 2.39. The molecular weight excluding hydrogens is 390 g/mol. The van der Waals surface area contributed by atoms with Gasteiger partial charge in [-0.15, -0.1) is 12.4 Å². The quantitative estimate of drug-likeness (QED) is 0.798. The number of aryl methyl sites for hydroxylation is 1. The predicted molar refractivity (Wildman–Crippen MR) is 112 cm³/mol. The average molecular weight is 418 g/mol. The third-order valence-corrected chi connectivity index (χ3v) is 6.78. The first kappa shape index (κ1) is 20.2. The van der Waals surface area contributed by atoms with Gasteiger partial charge in [0.05, 0.1) is 23.3 Å². The van der Waals surface area contributed by atoms with Crippen LogP contribution < -0.4 is 10.6 Å². The number of amides is 2. The fraction of sp³-hybridized carbons (Fsp3) is 0.571. The standard InChI is InChI=1S/C21H27N5O2.ClH/c1-13-5-6-18-16(10-24-25(18)12-13)21(28)23-11-19-15-7-14(8-22-9-15)17-3-2-4-20(27)26(17)19;/h5-6,10,12,14-15,17,19,22H,2-4,7-9,11H2,1H3,(H,23,28);1H/t14-,15+,17+,19+;/m1./s1. The minimum atomic E-state index is -0.120. The van der Waals surface area contributed by atoms with E-state index in [-0.39, 0.29) is 30.3 Å². The van der Waals surface area contributed by atoms with Gasteiger partial charge in [-0.05, 0) is 56.2 Å². The molecule has 29 heavy (non-hydrogen) atoms. The number of piperidine rings is 3. The Balaban J connectivity index is 0.00000205. The van der Waals surface area contributed by atoms with Crippen molar-refractivity contribution in [1.82, 2.24) is 25.1 Å². The number of hydrogen-bond donors (Lipinski definition) is 2. The first-order valence-corrected chi connectivity index (χ1v) is 10.4. The summed E-state index contributed by atoms with van der Waals surface area (Å²) in [7, 11) is 0. The molecule has 2 N–H and O–H groups in total. The Morgan fingerprint density at radius 3 is 3.00 bits per heavy atom. The molecule has 0 unspecified atom stereocenters. The summed E-state index contributed by atoms with van der Waals surface area (Å²) >= 11 is 0. The van der Waals surface area contributed by atoms with E-state index in [2.05, 4.69) is 20.6 Å². The minimum absolute atomic E-state index is 0. The normalized spacial score (nSPS) is 28.6. The van der Waals surface area contributed by atoms with Crippen molar-refractivity contribution in [2.45, 2.75) is 44.7 Å². The van der Waals surface area contributed by atoms with E-state index in [1.165, 1.54) is 0 Å². The van der Waals surface area contributed by atoms with Crippen LogP contribution in [-0.2, 0) is 4.79 Å². The van der Waals surface area contributed by atoms with E-state index < -0.39 is 0 Å². The van der Waals surface area contributed by atoms with E-state index in [9.17, 15) is 9.59 Å². The Kier molecular flexibility index (Phi) is 5.53. The summed E-state index contributed by atoms with van der Waals surface area (Å²) in [5, 5.41) is 11.0. The van der Waals surface area contributed by atoms with Crippen LogP contribution in [0.1, 0.15) is 41.6 Å². The average Bonchev–Trinajstić information content (AvgIpc) is 3.11. The molecule has 2 aromatic rings. The third-order valence-electron chi connectivity index (χ3n) is 6.78. The molecule has 156 valence electrons. The van der Waals surface area contributed by atoms with Crippen molar-refractivity contribution >= 4 is 29.7 Å². The van der Waals surface area contributed by atoms with Gasteiger partial charge in [0.2, 0.25) is 5.91 Å². The lowest BCUT2D eigenvalue weighted by molar-refractivity contribution is -0.148. The fourth-order valence-electron chi connectivity index (χ4n) is 5.45. The van der Waals surface area contributed by atoms with Gasteiger partial charge in [0.25, 0.3) is 5.91 Å². The van der Waals surface area contributed by atoms with Crippen LogP contribution in [0.3, 0.4) is 0 Å². The van der Waals surface area contributed by atoms with Crippen LogP contribution >= 0.6 is 12.4 Å². The molecule has 3 saturated heterocycles. The van der Waals surface area contributed by atoms with Gasteiger partial charge < -0.3 is 15.5 Å². The highest BCUT2D eigenvalue weighted by atomic mass is 35.5. The lowest BCUT2D eigenvalue weighted by atomic mass is 9.72. The molecule has 0 aromatic carbocycles. The van der Waals surface area contributed by atoms with Crippen LogP contribution in [0.2, 0.25) is 0 Å². The van der Waals surface area contributed by atoms with Crippen LogP contribution in [0.4, 0.5) is 0 Å². The smallest absolute Gasteiger partial charge is 0.255 e. The van der Waals surface area contributed by atoms with Crippen molar-refractivity contribution < 1.29 is 9.59 Å². The van der Waals surface area contributed by atoms with Crippen LogP contribution in [0.25, 0.3) is 5.52 Å². The largest absolute Gasteiger partial charge is 0.350 e. The molecule has 0 saturated carbocycles. The summed E-state index contributed by atoms with van der Waals surface area (Å²) < 4.78 is 1.74. The monoisotopic (exact) mass is 417 g/mol.